The van der Waals surface area contributed by atoms with Gasteiger partial charge in [0.25, 0.3) is 0 Å². The summed E-state index contributed by atoms with van der Waals surface area (Å²) in [5, 5.41) is 0.398. The quantitative estimate of drug-likeness (QED) is 0.481. The molecule has 0 N–H and O–H groups in total. The first-order valence-electron chi connectivity index (χ1n) is 5.98. The van der Waals surface area contributed by atoms with Gasteiger partial charge >= 0.3 is 5.97 Å². The Morgan fingerprint density at radius 3 is 3.11 bits per heavy atom. The van der Waals surface area contributed by atoms with Crippen LogP contribution in [0.25, 0.3) is 11.0 Å². The van der Waals surface area contributed by atoms with Gasteiger partial charge in [-0.2, -0.15) is 0 Å². The van der Waals surface area contributed by atoms with E-state index in [1.54, 1.807) is 12.5 Å². The van der Waals surface area contributed by atoms with Gasteiger partial charge in [-0.05, 0) is 12.1 Å². The summed E-state index contributed by atoms with van der Waals surface area (Å²) in [6, 6.07) is 1.99. The number of pyridine rings is 1. The molecule has 0 unspecified atom stereocenters. The number of hydrogen-bond acceptors (Lipinski definition) is 4. The van der Waals surface area contributed by atoms with Gasteiger partial charge in [0.2, 0.25) is 0 Å². The molecule has 19 heavy (non-hydrogen) atoms. The van der Waals surface area contributed by atoms with Crippen LogP contribution >= 0.6 is 11.6 Å². The van der Waals surface area contributed by atoms with E-state index in [2.05, 4.69) is 9.97 Å². The van der Waals surface area contributed by atoms with Crippen molar-refractivity contribution in [1.82, 2.24) is 14.5 Å². The first-order chi connectivity index (χ1) is 9.15. The van der Waals surface area contributed by atoms with Crippen molar-refractivity contribution in [1.29, 1.82) is 0 Å². The number of ether oxygens (including phenoxy) is 1. The lowest BCUT2D eigenvalue weighted by Gasteiger charge is -2.14. The fourth-order valence-corrected chi connectivity index (χ4v) is 2.55. The van der Waals surface area contributed by atoms with Crippen molar-refractivity contribution in [2.24, 2.45) is 0 Å². The molecular weight excluding hydrogens is 266 g/mol. The smallest absolute Gasteiger partial charge is 0.303 e. The van der Waals surface area contributed by atoms with E-state index in [-0.39, 0.29) is 18.1 Å². The highest BCUT2D eigenvalue weighted by Gasteiger charge is 2.23. The summed E-state index contributed by atoms with van der Waals surface area (Å²) in [6.07, 6.45) is 7.86. The highest BCUT2D eigenvalue weighted by Crippen LogP contribution is 2.29. The molecule has 98 valence electrons. The summed E-state index contributed by atoms with van der Waals surface area (Å²) in [6.45, 7) is 1.42. The van der Waals surface area contributed by atoms with Crippen molar-refractivity contribution in [3.05, 3.63) is 35.9 Å². The van der Waals surface area contributed by atoms with E-state index in [0.717, 1.165) is 5.52 Å². The number of esters is 1. The summed E-state index contributed by atoms with van der Waals surface area (Å²) < 4.78 is 7.19. The molecule has 2 aromatic heterocycles. The maximum absolute atomic E-state index is 10.9. The molecule has 0 aromatic carbocycles. The van der Waals surface area contributed by atoms with Gasteiger partial charge in [0, 0.05) is 19.5 Å². The molecule has 0 radical (unpaired) electrons. The lowest BCUT2D eigenvalue weighted by Crippen LogP contribution is -2.14. The number of nitrogens with zero attached hydrogens (tertiary/aromatic N) is 3. The van der Waals surface area contributed by atoms with Crippen LogP contribution in [0, 0.1) is 0 Å². The minimum atomic E-state index is -0.266. The molecule has 2 aromatic rings. The molecule has 2 heterocycles. The molecule has 3 rings (SSSR count). The van der Waals surface area contributed by atoms with Crippen molar-refractivity contribution >= 4 is 28.6 Å². The third kappa shape index (κ3) is 2.21. The fraction of sp³-hybridized carbons (Fsp3) is 0.308. The maximum Gasteiger partial charge on any atom is 0.303 e. The van der Waals surface area contributed by atoms with Gasteiger partial charge in [0.05, 0.1) is 17.9 Å². The molecule has 0 amide bonds. The molecule has 0 saturated carbocycles. The first kappa shape index (κ1) is 12.2. The van der Waals surface area contributed by atoms with Crippen molar-refractivity contribution in [2.45, 2.75) is 25.5 Å². The van der Waals surface area contributed by atoms with E-state index in [4.69, 9.17) is 16.3 Å². The number of aromatic nitrogens is 3. The Labute approximate surface area is 114 Å². The van der Waals surface area contributed by atoms with Gasteiger partial charge in [-0.3, -0.25) is 4.79 Å². The van der Waals surface area contributed by atoms with E-state index < -0.39 is 0 Å². The van der Waals surface area contributed by atoms with Gasteiger partial charge in [-0.1, -0.05) is 17.7 Å². The van der Waals surface area contributed by atoms with E-state index >= 15 is 0 Å². The lowest BCUT2D eigenvalue weighted by molar-refractivity contribution is -0.144. The maximum atomic E-state index is 10.9. The average molecular weight is 278 g/mol. The summed E-state index contributed by atoms with van der Waals surface area (Å²) >= 11 is 6.00. The third-order valence-corrected chi connectivity index (χ3v) is 3.42. The molecule has 0 bridgehead atoms. The molecule has 0 fully saturated rings. The molecule has 1 aliphatic carbocycles. The molecule has 2 atom stereocenters. The molecule has 0 aliphatic heterocycles. The van der Waals surface area contributed by atoms with Crippen LogP contribution in [0.2, 0.25) is 5.15 Å². The van der Waals surface area contributed by atoms with Crippen LogP contribution in [0.4, 0.5) is 0 Å². The van der Waals surface area contributed by atoms with Crippen molar-refractivity contribution in [3.63, 3.8) is 0 Å². The lowest BCUT2D eigenvalue weighted by atomic mass is 10.2. The van der Waals surface area contributed by atoms with Crippen LogP contribution in [-0.2, 0) is 9.53 Å². The zero-order chi connectivity index (χ0) is 13.4. The Morgan fingerprint density at radius 2 is 2.32 bits per heavy atom. The predicted molar refractivity (Wildman–Crippen MR) is 70.9 cm³/mol. The fourth-order valence-electron chi connectivity index (χ4n) is 2.35. The largest absolute Gasteiger partial charge is 0.458 e. The van der Waals surface area contributed by atoms with Crippen molar-refractivity contribution in [3.8, 4) is 0 Å². The van der Waals surface area contributed by atoms with Crippen LogP contribution in [0.5, 0.6) is 0 Å². The standard InChI is InChI=1S/C13H12ClN3O2/c1-8(18)19-10-3-2-9(6-10)17-7-16-12-11(17)4-5-15-13(12)14/h2-5,7,9-10H,6H2,1H3/t9-,10+/m1/s1. The number of halogens is 1. The second-order valence-corrected chi connectivity index (χ2v) is 4.82. The van der Waals surface area contributed by atoms with Gasteiger partial charge in [0.1, 0.15) is 11.6 Å². The molecule has 6 heteroatoms. The van der Waals surface area contributed by atoms with Gasteiger partial charge < -0.3 is 9.30 Å². The second kappa shape index (κ2) is 4.66. The SMILES string of the molecule is CC(=O)O[C@H]1C=C[C@@H](n2cnc3c(Cl)nccc32)C1. The summed E-state index contributed by atoms with van der Waals surface area (Å²) in [7, 11) is 0. The Balaban J connectivity index is 1.89. The number of carbonyl (C=O) groups excluding carboxylic acids is 1. The first-order valence-corrected chi connectivity index (χ1v) is 6.35. The van der Waals surface area contributed by atoms with Crippen molar-refractivity contribution in [2.75, 3.05) is 0 Å². The van der Waals surface area contributed by atoms with Crippen LogP contribution in [0.1, 0.15) is 19.4 Å². The van der Waals surface area contributed by atoms with Gasteiger partial charge in [-0.15, -0.1) is 0 Å². The number of imidazole rings is 1. The predicted octanol–water partition coefficient (Wildman–Crippen LogP) is 2.52. The Hall–Kier alpha value is -1.88. The summed E-state index contributed by atoms with van der Waals surface area (Å²) in [5.74, 6) is -0.266. The minimum absolute atomic E-state index is 0.118. The minimum Gasteiger partial charge on any atom is -0.458 e. The van der Waals surface area contributed by atoms with Gasteiger partial charge in [-0.25, -0.2) is 9.97 Å². The highest BCUT2D eigenvalue weighted by atomic mass is 35.5. The normalized spacial score (nSPS) is 22.0. The monoisotopic (exact) mass is 277 g/mol. The number of carbonyl (C=O) groups is 1. The molecular formula is C13H12ClN3O2. The van der Waals surface area contributed by atoms with Crippen LogP contribution in [-0.4, -0.2) is 26.6 Å². The molecule has 0 spiro atoms. The zero-order valence-corrected chi connectivity index (χ0v) is 11.0. The summed E-state index contributed by atoms with van der Waals surface area (Å²) in [4.78, 5) is 19.2. The second-order valence-electron chi connectivity index (χ2n) is 4.46. The molecule has 1 aliphatic rings. The Kier molecular flexibility index (Phi) is 2.98. The number of rotatable bonds is 2. The van der Waals surface area contributed by atoms with E-state index in [1.165, 1.54) is 6.92 Å². The van der Waals surface area contributed by atoms with Crippen LogP contribution < -0.4 is 0 Å². The number of hydrogen-bond donors (Lipinski definition) is 0. The topological polar surface area (TPSA) is 57.0 Å². The van der Waals surface area contributed by atoms with Crippen molar-refractivity contribution < 1.29 is 9.53 Å². The van der Waals surface area contributed by atoms with E-state index in [1.807, 2.05) is 22.8 Å². The molecule has 0 saturated heterocycles. The Bertz CT molecular complexity index is 665. The van der Waals surface area contributed by atoms with Crippen LogP contribution in [0.3, 0.4) is 0 Å². The van der Waals surface area contributed by atoms with E-state index in [9.17, 15) is 4.79 Å². The van der Waals surface area contributed by atoms with Gasteiger partial charge in [0.15, 0.2) is 5.15 Å². The summed E-state index contributed by atoms with van der Waals surface area (Å²) in [5.41, 5.74) is 1.62. The van der Waals surface area contributed by atoms with Crippen LogP contribution in [0.15, 0.2) is 30.7 Å². The molecule has 5 nitrogen and oxygen atoms in total. The average Bonchev–Trinajstić information content (AvgIpc) is 2.95. The number of fused-ring (bicyclic) bond motifs is 1. The third-order valence-electron chi connectivity index (χ3n) is 3.14. The number of allylic oxidation sites excluding steroid dienone is 1. The zero-order valence-electron chi connectivity index (χ0n) is 10.3. The highest BCUT2D eigenvalue weighted by molar-refractivity contribution is 6.33. The Morgan fingerprint density at radius 1 is 1.47 bits per heavy atom. The van der Waals surface area contributed by atoms with E-state index in [0.29, 0.717) is 17.1 Å².